The third-order valence-electron chi connectivity index (χ3n) is 3.42. The lowest BCUT2D eigenvalue weighted by Crippen LogP contribution is -2.33. The highest BCUT2D eigenvalue weighted by molar-refractivity contribution is 5.27. The van der Waals surface area contributed by atoms with Gasteiger partial charge < -0.3 is 10.1 Å². The minimum Gasteiger partial charge on any atom is -0.379 e. The standard InChI is InChI=1S/C16H26FNO/c1-6-9-18-15(11-16(3,4)19-5)13-10-12(2)7-8-14(13)17/h7-8,10,15,18H,6,9,11H2,1-5H3. The zero-order chi connectivity index (χ0) is 14.5. The van der Waals surface area contributed by atoms with Gasteiger partial charge in [-0.1, -0.05) is 24.6 Å². The van der Waals surface area contributed by atoms with Gasteiger partial charge in [0.15, 0.2) is 0 Å². The molecule has 2 nitrogen and oxygen atoms in total. The molecule has 0 aliphatic heterocycles. The van der Waals surface area contributed by atoms with E-state index in [0.717, 1.165) is 30.5 Å². The predicted octanol–water partition coefficient (Wildman–Crippen LogP) is 3.99. The lowest BCUT2D eigenvalue weighted by molar-refractivity contribution is 0.00658. The number of hydrogen-bond donors (Lipinski definition) is 1. The van der Waals surface area contributed by atoms with Crippen LogP contribution in [0.5, 0.6) is 0 Å². The molecule has 0 spiro atoms. The van der Waals surface area contributed by atoms with Gasteiger partial charge in [0, 0.05) is 18.7 Å². The van der Waals surface area contributed by atoms with Gasteiger partial charge in [0.25, 0.3) is 0 Å². The van der Waals surface area contributed by atoms with Crippen LogP contribution in [-0.2, 0) is 4.74 Å². The summed E-state index contributed by atoms with van der Waals surface area (Å²) in [5, 5.41) is 3.42. The largest absolute Gasteiger partial charge is 0.379 e. The SMILES string of the molecule is CCCNC(CC(C)(C)OC)c1cc(C)ccc1F. The van der Waals surface area contributed by atoms with Crippen molar-refractivity contribution in [3.8, 4) is 0 Å². The fourth-order valence-corrected chi connectivity index (χ4v) is 2.12. The van der Waals surface area contributed by atoms with Crippen LogP contribution in [0.3, 0.4) is 0 Å². The Balaban J connectivity index is 2.98. The van der Waals surface area contributed by atoms with E-state index < -0.39 is 0 Å². The van der Waals surface area contributed by atoms with Gasteiger partial charge in [-0.05, 0) is 46.2 Å². The number of ether oxygens (including phenoxy) is 1. The molecule has 0 saturated carbocycles. The second kappa shape index (κ2) is 7.01. The summed E-state index contributed by atoms with van der Waals surface area (Å²) in [6.07, 6.45) is 1.77. The van der Waals surface area contributed by atoms with E-state index >= 15 is 0 Å². The topological polar surface area (TPSA) is 21.3 Å². The van der Waals surface area contributed by atoms with Crippen molar-refractivity contribution < 1.29 is 9.13 Å². The molecule has 1 unspecified atom stereocenters. The van der Waals surface area contributed by atoms with Crippen LogP contribution in [0.2, 0.25) is 0 Å². The van der Waals surface area contributed by atoms with Crippen molar-refractivity contribution >= 4 is 0 Å². The molecule has 1 aromatic rings. The molecule has 0 aliphatic rings. The first-order valence-electron chi connectivity index (χ1n) is 6.94. The smallest absolute Gasteiger partial charge is 0.127 e. The van der Waals surface area contributed by atoms with Crippen LogP contribution in [-0.4, -0.2) is 19.3 Å². The van der Waals surface area contributed by atoms with Crippen molar-refractivity contribution in [3.05, 3.63) is 35.1 Å². The molecular weight excluding hydrogens is 241 g/mol. The summed E-state index contributed by atoms with van der Waals surface area (Å²) in [7, 11) is 1.70. The summed E-state index contributed by atoms with van der Waals surface area (Å²) in [4.78, 5) is 0. The molecule has 0 bridgehead atoms. The maximum atomic E-state index is 14.0. The third-order valence-corrected chi connectivity index (χ3v) is 3.42. The predicted molar refractivity (Wildman–Crippen MR) is 77.9 cm³/mol. The third kappa shape index (κ3) is 4.92. The molecule has 1 atom stereocenters. The minimum absolute atomic E-state index is 0.0187. The summed E-state index contributed by atoms with van der Waals surface area (Å²) in [5.41, 5.74) is 1.54. The number of aryl methyl sites for hydroxylation is 1. The Hall–Kier alpha value is -0.930. The van der Waals surface area contributed by atoms with E-state index in [-0.39, 0.29) is 17.5 Å². The van der Waals surface area contributed by atoms with E-state index in [4.69, 9.17) is 4.74 Å². The number of benzene rings is 1. The molecule has 0 amide bonds. The molecule has 108 valence electrons. The number of nitrogens with one attached hydrogen (secondary N) is 1. The molecule has 19 heavy (non-hydrogen) atoms. The van der Waals surface area contributed by atoms with Crippen LogP contribution in [0.1, 0.15) is 50.8 Å². The molecule has 0 saturated heterocycles. The van der Waals surface area contributed by atoms with E-state index in [2.05, 4.69) is 12.2 Å². The summed E-state index contributed by atoms with van der Waals surface area (Å²) in [6, 6.07) is 5.26. The van der Waals surface area contributed by atoms with Crippen molar-refractivity contribution in [2.75, 3.05) is 13.7 Å². The number of methoxy groups -OCH3 is 1. The van der Waals surface area contributed by atoms with E-state index in [1.165, 1.54) is 0 Å². The second-order valence-corrected chi connectivity index (χ2v) is 5.70. The molecule has 0 aromatic heterocycles. The van der Waals surface area contributed by atoms with Crippen LogP contribution in [0.15, 0.2) is 18.2 Å². The maximum Gasteiger partial charge on any atom is 0.127 e. The second-order valence-electron chi connectivity index (χ2n) is 5.70. The Morgan fingerprint density at radius 1 is 1.37 bits per heavy atom. The van der Waals surface area contributed by atoms with Crippen molar-refractivity contribution in [2.24, 2.45) is 0 Å². The quantitative estimate of drug-likeness (QED) is 0.806. The fourth-order valence-electron chi connectivity index (χ4n) is 2.12. The summed E-state index contributed by atoms with van der Waals surface area (Å²) in [6.45, 7) is 9.03. The molecule has 1 N–H and O–H groups in total. The minimum atomic E-state index is -0.276. The molecule has 1 aromatic carbocycles. The molecular formula is C16H26FNO. The van der Waals surface area contributed by atoms with E-state index in [9.17, 15) is 4.39 Å². The number of rotatable bonds is 7. The Bertz CT molecular complexity index is 404. The van der Waals surface area contributed by atoms with E-state index in [1.807, 2.05) is 26.8 Å². The number of halogens is 1. The molecule has 0 heterocycles. The zero-order valence-corrected chi connectivity index (χ0v) is 12.7. The first-order chi connectivity index (χ1) is 8.89. The van der Waals surface area contributed by atoms with E-state index in [1.54, 1.807) is 19.2 Å². The van der Waals surface area contributed by atoms with Crippen LogP contribution < -0.4 is 5.32 Å². The Kier molecular flexibility index (Phi) is 5.95. The van der Waals surface area contributed by atoms with Gasteiger partial charge in [0.05, 0.1) is 5.60 Å². The average molecular weight is 267 g/mol. The summed E-state index contributed by atoms with van der Waals surface area (Å²) in [5.74, 6) is -0.147. The Morgan fingerprint density at radius 3 is 2.63 bits per heavy atom. The van der Waals surface area contributed by atoms with Crippen LogP contribution >= 0.6 is 0 Å². The van der Waals surface area contributed by atoms with E-state index in [0.29, 0.717) is 0 Å². The maximum absolute atomic E-state index is 14.0. The average Bonchev–Trinajstić information content (AvgIpc) is 2.37. The molecule has 0 radical (unpaired) electrons. The highest BCUT2D eigenvalue weighted by Gasteiger charge is 2.25. The highest BCUT2D eigenvalue weighted by atomic mass is 19.1. The van der Waals surface area contributed by atoms with Gasteiger partial charge in [-0.2, -0.15) is 0 Å². The van der Waals surface area contributed by atoms with Crippen molar-refractivity contribution in [3.63, 3.8) is 0 Å². The van der Waals surface area contributed by atoms with Crippen LogP contribution in [0.25, 0.3) is 0 Å². The Labute approximate surface area is 116 Å². The fraction of sp³-hybridized carbons (Fsp3) is 0.625. The summed E-state index contributed by atoms with van der Waals surface area (Å²) < 4.78 is 19.5. The van der Waals surface area contributed by atoms with Crippen molar-refractivity contribution in [2.45, 2.75) is 52.2 Å². The van der Waals surface area contributed by atoms with Crippen LogP contribution in [0.4, 0.5) is 4.39 Å². The van der Waals surface area contributed by atoms with Crippen molar-refractivity contribution in [1.29, 1.82) is 0 Å². The normalized spacial score (nSPS) is 13.6. The van der Waals surface area contributed by atoms with Gasteiger partial charge >= 0.3 is 0 Å². The van der Waals surface area contributed by atoms with Gasteiger partial charge in [-0.15, -0.1) is 0 Å². The van der Waals surface area contributed by atoms with Gasteiger partial charge in [0.1, 0.15) is 5.82 Å². The first-order valence-corrected chi connectivity index (χ1v) is 6.94. The molecule has 1 rings (SSSR count). The van der Waals surface area contributed by atoms with Crippen molar-refractivity contribution in [1.82, 2.24) is 5.32 Å². The monoisotopic (exact) mass is 267 g/mol. The Morgan fingerprint density at radius 2 is 2.05 bits per heavy atom. The van der Waals surface area contributed by atoms with Gasteiger partial charge in [-0.3, -0.25) is 0 Å². The zero-order valence-electron chi connectivity index (χ0n) is 12.7. The lowest BCUT2D eigenvalue weighted by Gasteiger charge is -2.30. The van der Waals surface area contributed by atoms with Crippen LogP contribution in [0, 0.1) is 12.7 Å². The van der Waals surface area contributed by atoms with Gasteiger partial charge in [0.2, 0.25) is 0 Å². The van der Waals surface area contributed by atoms with Gasteiger partial charge in [-0.25, -0.2) is 4.39 Å². The molecule has 0 fully saturated rings. The molecule has 3 heteroatoms. The number of hydrogen-bond acceptors (Lipinski definition) is 2. The first kappa shape index (κ1) is 16.1. The lowest BCUT2D eigenvalue weighted by atomic mass is 9.92. The molecule has 0 aliphatic carbocycles. The summed E-state index contributed by atoms with van der Waals surface area (Å²) >= 11 is 0. The highest BCUT2D eigenvalue weighted by Crippen LogP contribution is 2.28.